The van der Waals surface area contributed by atoms with Gasteiger partial charge in [0.2, 0.25) is 5.13 Å². The van der Waals surface area contributed by atoms with Crippen LogP contribution in [0.2, 0.25) is 0 Å². The lowest BCUT2D eigenvalue weighted by atomic mass is 10.2. The molecule has 0 saturated heterocycles. The average molecular weight is 395 g/mol. The third-order valence-electron chi connectivity index (χ3n) is 3.40. The molecule has 1 N–H and O–H groups in total. The minimum Gasteiger partial charge on any atom is -0.296 e. The Labute approximate surface area is 153 Å². The number of hydrogen-bond donors (Lipinski definition) is 1. The Balaban J connectivity index is 1.84. The number of rotatable bonds is 5. The molecule has 0 atom stereocenters. The van der Waals surface area contributed by atoms with Gasteiger partial charge in [-0.05, 0) is 30.7 Å². The van der Waals surface area contributed by atoms with Gasteiger partial charge in [-0.3, -0.25) is 14.4 Å². The topological polar surface area (TPSA) is 92.3 Å². The number of carbonyl (C=O) groups is 1. The lowest BCUT2D eigenvalue weighted by Crippen LogP contribution is -2.26. The molecule has 10 heteroatoms. The van der Waals surface area contributed by atoms with E-state index in [2.05, 4.69) is 15.5 Å². The predicted octanol–water partition coefficient (Wildman–Crippen LogP) is 2.99. The van der Waals surface area contributed by atoms with Gasteiger partial charge in [-0.1, -0.05) is 23.5 Å². The third-order valence-corrected chi connectivity index (χ3v) is 6.85. The summed E-state index contributed by atoms with van der Waals surface area (Å²) in [5.74, 6) is -0.415. The van der Waals surface area contributed by atoms with E-state index in [1.165, 1.54) is 39.6 Å². The summed E-state index contributed by atoms with van der Waals surface area (Å²) in [6.07, 6.45) is 0. The Hall–Kier alpha value is -2.30. The summed E-state index contributed by atoms with van der Waals surface area (Å²) in [6, 6.07) is 8.56. The van der Waals surface area contributed by atoms with E-state index in [-0.39, 0.29) is 9.77 Å². The van der Waals surface area contributed by atoms with Crippen molar-refractivity contribution in [2.75, 3.05) is 16.7 Å². The monoisotopic (exact) mass is 394 g/mol. The van der Waals surface area contributed by atoms with Gasteiger partial charge in [0.1, 0.15) is 5.51 Å². The van der Waals surface area contributed by atoms with E-state index in [1.807, 2.05) is 13.0 Å². The molecular formula is C15H14N4O3S3. The standard InChI is InChI=1S/C15H14N4O3S3/c1-10-4-3-5-11(6-10)19(2)25(21,22)12-7-13(23-8-12)14(20)17-15-18-16-9-24-15/h3-9H,1-2H3,(H,17,18,20). The van der Waals surface area contributed by atoms with Crippen LogP contribution in [-0.4, -0.2) is 31.6 Å². The second-order valence-electron chi connectivity index (χ2n) is 5.16. The molecule has 1 aromatic carbocycles. The van der Waals surface area contributed by atoms with Crippen LogP contribution in [0.1, 0.15) is 15.2 Å². The van der Waals surface area contributed by atoms with Crippen LogP contribution in [0.15, 0.2) is 46.1 Å². The molecule has 0 radical (unpaired) electrons. The second kappa shape index (κ2) is 6.90. The van der Waals surface area contributed by atoms with Gasteiger partial charge in [0.25, 0.3) is 15.9 Å². The molecule has 0 aliphatic carbocycles. The molecule has 0 saturated carbocycles. The molecule has 0 aliphatic rings. The third kappa shape index (κ3) is 3.70. The molecule has 0 fully saturated rings. The molecule has 25 heavy (non-hydrogen) atoms. The maximum Gasteiger partial charge on any atom is 0.267 e. The van der Waals surface area contributed by atoms with Crippen LogP contribution in [-0.2, 0) is 10.0 Å². The smallest absolute Gasteiger partial charge is 0.267 e. The number of sulfonamides is 1. The largest absolute Gasteiger partial charge is 0.296 e. The van der Waals surface area contributed by atoms with Crippen molar-refractivity contribution in [1.29, 1.82) is 0 Å². The molecule has 2 aromatic heterocycles. The molecule has 0 spiro atoms. The van der Waals surface area contributed by atoms with Gasteiger partial charge in [0.15, 0.2) is 0 Å². The summed E-state index contributed by atoms with van der Waals surface area (Å²) in [5.41, 5.74) is 3.02. The number of carbonyl (C=O) groups excluding carboxylic acids is 1. The van der Waals surface area contributed by atoms with Crippen LogP contribution in [0.5, 0.6) is 0 Å². The molecule has 1 amide bonds. The normalized spacial score (nSPS) is 11.3. The molecule has 0 aliphatic heterocycles. The first-order valence-corrected chi connectivity index (χ1v) is 10.3. The SMILES string of the molecule is Cc1cccc(N(C)S(=O)(=O)c2csc(C(=O)Nc3nncs3)c2)c1. The Kier molecular flexibility index (Phi) is 4.84. The number of nitrogens with zero attached hydrogens (tertiary/aromatic N) is 3. The summed E-state index contributed by atoms with van der Waals surface area (Å²) < 4.78 is 26.8. The number of amides is 1. The molecule has 3 rings (SSSR count). The fourth-order valence-corrected chi connectivity index (χ4v) is 4.86. The fraction of sp³-hybridized carbons (Fsp3) is 0.133. The van der Waals surface area contributed by atoms with Crippen molar-refractivity contribution in [1.82, 2.24) is 10.2 Å². The predicted molar refractivity (Wildman–Crippen MR) is 98.9 cm³/mol. The maximum absolute atomic E-state index is 12.8. The van der Waals surface area contributed by atoms with E-state index in [0.29, 0.717) is 10.8 Å². The number of thiophene rings is 1. The Morgan fingerprint density at radius 2 is 2.04 bits per heavy atom. The van der Waals surface area contributed by atoms with Gasteiger partial charge in [0, 0.05) is 12.4 Å². The van der Waals surface area contributed by atoms with E-state index in [4.69, 9.17) is 0 Å². The van der Waals surface area contributed by atoms with Crippen molar-refractivity contribution in [2.24, 2.45) is 0 Å². The van der Waals surface area contributed by atoms with Crippen molar-refractivity contribution in [3.63, 3.8) is 0 Å². The van der Waals surface area contributed by atoms with Crippen LogP contribution in [0.3, 0.4) is 0 Å². The molecule has 3 aromatic rings. The van der Waals surface area contributed by atoms with Crippen molar-refractivity contribution >= 4 is 49.4 Å². The number of aryl methyl sites for hydroxylation is 1. The number of anilines is 2. The minimum atomic E-state index is -3.75. The zero-order valence-corrected chi connectivity index (χ0v) is 15.8. The summed E-state index contributed by atoms with van der Waals surface area (Å²) in [7, 11) is -2.26. The highest BCUT2D eigenvalue weighted by atomic mass is 32.2. The Morgan fingerprint density at radius 3 is 2.72 bits per heavy atom. The van der Waals surface area contributed by atoms with Gasteiger partial charge in [-0.15, -0.1) is 21.5 Å². The summed E-state index contributed by atoms with van der Waals surface area (Å²) in [6.45, 7) is 1.89. The molecule has 0 bridgehead atoms. The van der Waals surface area contributed by atoms with Gasteiger partial charge < -0.3 is 0 Å². The van der Waals surface area contributed by atoms with Gasteiger partial charge >= 0.3 is 0 Å². The van der Waals surface area contributed by atoms with Gasteiger partial charge in [-0.25, -0.2) is 8.42 Å². The molecule has 130 valence electrons. The van der Waals surface area contributed by atoms with Crippen LogP contribution in [0.25, 0.3) is 0 Å². The summed E-state index contributed by atoms with van der Waals surface area (Å²) in [5, 5.41) is 11.8. The first-order valence-electron chi connectivity index (χ1n) is 7.09. The van der Waals surface area contributed by atoms with Crippen LogP contribution in [0, 0.1) is 6.92 Å². The second-order valence-corrected chi connectivity index (χ2v) is 8.87. The van der Waals surface area contributed by atoms with Crippen LogP contribution < -0.4 is 9.62 Å². The van der Waals surface area contributed by atoms with E-state index < -0.39 is 15.9 Å². The maximum atomic E-state index is 12.8. The summed E-state index contributed by atoms with van der Waals surface area (Å²) >= 11 is 2.25. The van der Waals surface area contributed by atoms with Crippen molar-refractivity contribution in [3.05, 3.63) is 51.7 Å². The highest BCUT2D eigenvalue weighted by Crippen LogP contribution is 2.27. The van der Waals surface area contributed by atoms with Crippen molar-refractivity contribution < 1.29 is 13.2 Å². The highest BCUT2D eigenvalue weighted by Gasteiger charge is 2.24. The van der Waals surface area contributed by atoms with Crippen molar-refractivity contribution in [2.45, 2.75) is 11.8 Å². The van der Waals surface area contributed by atoms with Crippen molar-refractivity contribution in [3.8, 4) is 0 Å². The van der Waals surface area contributed by atoms with Gasteiger partial charge in [0.05, 0.1) is 15.5 Å². The van der Waals surface area contributed by atoms with Gasteiger partial charge in [-0.2, -0.15) is 0 Å². The number of benzene rings is 1. The number of hydrogen-bond acceptors (Lipinski definition) is 7. The highest BCUT2D eigenvalue weighted by molar-refractivity contribution is 7.93. The fourth-order valence-electron chi connectivity index (χ4n) is 2.08. The molecule has 0 unspecified atom stereocenters. The van der Waals surface area contributed by atoms with Crippen LogP contribution in [0.4, 0.5) is 10.8 Å². The Morgan fingerprint density at radius 1 is 1.24 bits per heavy atom. The zero-order chi connectivity index (χ0) is 18.0. The molecule has 2 heterocycles. The summed E-state index contributed by atoms with van der Waals surface area (Å²) in [4.78, 5) is 12.5. The number of aromatic nitrogens is 2. The van der Waals surface area contributed by atoms with E-state index >= 15 is 0 Å². The minimum absolute atomic E-state index is 0.0731. The molecule has 7 nitrogen and oxygen atoms in total. The van der Waals surface area contributed by atoms with E-state index in [0.717, 1.165) is 16.9 Å². The zero-order valence-electron chi connectivity index (χ0n) is 13.3. The average Bonchev–Trinajstić information content (AvgIpc) is 3.25. The Bertz CT molecular complexity index is 997. The quantitative estimate of drug-likeness (QED) is 0.718. The van der Waals surface area contributed by atoms with Crippen LogP contribution >= 0.6 is 22.7 Å². The van der Waals surface area contributed by atoms with E-state index in [9.17, 15) is 13.2 Å². The van der Waals surface area contributed by atoms with E-state index in [1.54, 1.807) is 18.2 Å². The lowest BCUT2D eigenvalue weighted by molar-refractivity contribution is 0.103. The lowest BCUT2D eigenvalue weighted by Gasteiger charge is -2.19. The molecular weight excluding hydrogens is 380 g/mol. The number of nitrogens with one attached hydrogen (secondary N) is 1. The first kappa shape index (κ1) is 17.5. The first-order chi connectivity index (χ1) is 11.9.